The smallest absolute Gasteiger partial charge is 0.318 e. The fourth-order valence-electron chi connectivity index (χ4n) is 1.62. The van der Waals surface area contributed by atoms with E-state index in [0.29, 0.717) is 6.07 Å². The Balaban J connectivity index is 2.10. The molecule has 0 unspecified atom stereocenters. The number of anilines is 2. The number of hydrogen-bond donors (Lipinski definition) is 2. The van der Waals surface area contributed by atoms with Gasteiger partial charge < -0.3 is 10.6 Å². The van der Waals surface area contributed by atoms with Gasteiger partial charge in [0.25, 0.3) is 0 Å². The van der Waals surface area contributed by atoms with Gasteiger partial charge in [-0.25, -0.2) is 4.98 Å². The normalized spacial score (nSPS) is 11.0. The van der Waals surface area contributed by atoms with Crippen LogP contribution in [0.15, 0.2) is 42.6 Å². The van der Waals surface area contributed by atoms with E-state index in [-0.39, 0.29) is 11.5 Å². The summed E-state index contributed by atoms with van der Waals surface area (Å²) in [6, 6.07) is 7.45. The third-order valence-electron chi connectivity index (χ3n) is 2.64. The average Bonchev–Trinajstić information content (AvgIpc) is 2.49. The minimum atomic E-state index is -4.67. The molecule has 1 aromatic carbocycles. The molecule has 0 saturated carbocycles. The van der Waals surface area contributed by atoms with Gasteiger partial charge in [-0.3, -0.25) is 9.59 Å². The van der Waals surface area contributed by atoms with Crippen molar-refractivity contribution in [1.29, 1.82) is 0 Å². The molecule has 0 aliphatic heterocycles. The van der Waals surface area contributed by atoms with Gasteiger partial charge in [-0.15, -0.1) is 0 Å². The molecule has 0 radical (unpaired) electrons. The number of nitrogens with one attached hydrogen (secondary N) is 2. The van der Waals surface area contributed by atoms with Crippen LogP contribution in [0.5, 0.6) is 0 Å². The Labute approximate surface area is 133 Å². The molecule has 1 aromatic heterocycles. The van der Waals surface area contributed by atoms with Crippen LogP contribution in [0.1, 0.15) is 5.56 Å². The van der Waals surface area contributed by atoms with Crippen LogP contribution < -0.4 is 10.6 Å². The van der Waals surface area contributed by atoms with E-state index in [1.165, 1.54) is 12.3 Å². The number of alkyl halides is 3. The van der Waals surface area contributed by atoms with E-state index in [4.69, 9.17) is 11.6 Å². The van der Waals surface area contributed by atoms with Crippen LogP contribution in [-0.4, -0.2) is 16.8 Å². The minimum Gasteiger partial charge on any atom is -0.318 e. The fraction of sp³-hybridized carbons (Fsp3) is 0.0714. The molecular formula is C14H9ClF3N3O2. The molecule has 0 saturated heterocycles. The number of aromatic nitrogens is 1. The zero-order valence-corrected chi connectivity index (χ0v) is 12.1. The molecule has 0 aliphatic carbocycles. The van der Waals surface area contributed by atoms with Crippen molar-refractivity contribution >= 4 is 34.9 Å². The molecule has 120 valence electrons. The fourth-order valence-corrected chi connectivity index (χ4v) is 1.84. The molecular weight excluding hydrogens is 335 g/mol. The Morgan fingerprint density at radius 1 is 1.04 bits per heavy atom. The van der Waals surface area contributed by atoms with Gasteiger partial charge in [0, 0.05) is 11.9 Å². The van der Waals surface area contributed by atoms with Crippen LogP contribution in [0.25, 0.3) is 0 Å². The van der Waals surface area contributed by atoms with Gasteiger partial charge in [-0.1, -0.05) is 17.7 Å². The zero-order valence-electron chi connectivity index (χ0n) is 11.3. The second kappa shape index (κ2) is 6.66. The number of rotatable bonds is 2. The Morgan fingerprint density at radius 3 is 2.35 bits per heavy atom. The van der Waals surface area contributed by atoms with Crippen molar-refractivity contribution in [3.8, 4) is 0 Å². The van der Waals surface area contributed by atoms with Crippen molar-refractivity contribution in [1.82, 2.24) is 4.98 Å². The van der Waals surface area contributed by atoms with Crippen molar-refractivity contribution < 1.29 is 22.8 Å². The van der Waals surface area contributed by atoms with E-state index in [1.807, 2.05) is 0 Å². The van der Waals surface area contributed by atoms with Crippen LogP contribution in [0.3, 0.4) is 0 Å². The third-order valence-corrected chi connectivity index (χ3v) is 2.97. The summed E-state index contributed by atoms with van der Waals surface area (Å²) in [5.41, 5.74) is -1.31. The van der Waals surface area contributed by atoms with Crippen molar-refractivity contribution in [3.63, 3.8) is 0 Å². The summed E-state index contributed by atoms with van der Waals surface area (Å²) < 4.78 is 38.2. The number of amides is 2. The van der Waals surface area contributed by atoms with Gasteiger partial charge in [-0.05, 0) is 30.3 Å². The number of hydrogen-bond acceptors (Lipinski definition) is 3. The second-order valence-electron chi connectivity index (χ2n) is 4.32. The molecule has 0 bridgehead atoms. The first-order valence-electron chi connectivity index (χ1n) is 6.17. The molecule has 0 aliphatic rings. The summed E-state index contributed by atoms with van der Waals surface area (Å²) in [6.07, 6.45) is -3.27. The summed E-state index contributed by atoms with van der Waals surface area (Å²) in [5, 5.41) is 3.77. The van der Waals surface area contributed by atoms with Crippen LogP contribution in [-0.2, 0) is 15.8 Å². The standard InChI is InChI=1S/C14H9ClF3N3O2/c15-10-5-4-8(7-9(10)14(16,17)18)20-12(22)13(23)21-11-3-1-2-6-19-11/h1-7H,(H,20,22)(H,19,21,23). The SMILES string of the molecule is O=C(Nc1ccc(Cl)c(C(F)(F)F)c1)C(=O)Nc1ccccn1. The lowest BCUT2D eigenvalue weighted by Gasteiger charge is -2.11. The molecule has 0 spiro atoms. The monoisotopic (exact) mass is 343 g/mol. The van der Waals surface area contributed by atoms with Crippen molar-refractivity contribution in [2.45, 2.75) is 6.18 Å². The predicted octanol–water partition coefficient (Wildman–Crippen LogP) is 3.33. The van der Waals surface area contributed by atoms with Gasteiger partial charge in [0.1, 0.15) is 5.82 Å². The lowest BCUT2D eigenvalue weighted by Crippen LogP contribution is -2.29. The lowest BCUT2D eigenvalue weighted by molar-refractivity contribution is -0.137. The number of pyridine rings is 1. The number of carbonyl (C=O) groups excluding carboxylic acids is 2. The largest absolute Gasteiger partial charge is 0.417 e. The summed E-state index contributed by atoms with van der Waals surface area (Å²) in [7, 11) is 0. The summed E-state index contributed by atoms with van der Waals surface area (Å²) in [4.78, 5) is 27.1. The topological polar surface area (TPSA) is 71.1 Å². The molecule has 0 fully saturated rings. The van der Waals surface area contributed by atoms with E-state index in [2.05, 4.69) is 15.6 Å². The van der Waals surface area contributed by atoms with Crippen LogP contribution in [0.4, 0.5) is 24.7 Å². The Bertz CT molecular complexity index is 736. The Hall–Kier alpha value is -2.61. The van der Waals surface area contributed by atoms with Gasteiger partial charge in [0.05, 0.1) is 10.6 Å². The molecule has 2 aromatic rings. The maximum Gasteiger partial charge on any atom is 0.417 e. The highest BCUT2D eigenvalue weighted by molar-refractivity contribution is 6.43. The molecule has 1 heterocycles. The van der Waals surface area contributed by atoms with Gasteiger partial charge in [0.2, 0.25) is 0 Å². The number of nitrogens with zero attached hydrogens (tertiary/aromatic N) is 1. The highest BCUT2D eigenvalue weighted by atomic mass is 35.5. The lowest BCUT2D eigenvalue weighted by atomic mass is 10.2. The minimum absolute atomic E-state index is 0.139. The van der Waals surface area contributed by atoms with Crippen molar-refractivity contribution in [3.05, 3.63) is 53.2 Å². The Morgan fingerprint density at radius 2 is 1.74 bits per heavy atom. The molecule has 9 heteroatoms. The predicted molar refractivity (Wildman–Crippen MR) is 78.0 cm³/mol. The number of halogens is 4. The average molecular weight is 344 g/mol. The third kappa shape index (κ3) is 4.43. The number of carbonyl (C=O) groups is 2. The second-order valence-corrected chi connectivity index (χ2v) is 4.72. The van der Waals surface area contributed by atoms with Crippen LogP contribution in [0, 0.1) is 0 Å². The molecule has 2 N–H and O–H groups in total. The van der Waals surface area contributed by atoms with Crippen molar-refractivity contribution in [2.75, 3.05) is 10.6 Å². The van der Waals surface area contributed by atoms with E-state index >= 15 is 0 Å². The first-order chi connectivity index (χ1) is 10.8. The zero-order chi connectivity index (χ0) is 17.0. The highest BCUT2D eigenvalue weighted by Gasteiger charge is 2.33. The van der Waals surface area contributed by atoms with Crippen LogP contribution in [0.2, 0.25) is 5.02 Å². The molecule has 0 atom stereocenters. The summed E-state index contributed by atoms with van der Waals surface area (Å²) in [5.74, 6) is -2.06. The van der Waals surface area contributed by atoms with Crippen LogP contribution >= 0.6 is 11.6 Å². The number of benzene rings is 1. The van der Waals surface area contributed by atoms with Gasteiger partial charge >= 0.3 is 18.0 Å². The van der Waals surface area contributed by atoms with E-state index in [9.17, 15) is 22.8 Å². The molecule has 23 heavy (non-hydrogen) atoms. The Kier molecular flexibility index (Phi) is 4.85. The van der Waals surface area contributed by atoms with Gasteiger partial charge in [0.15, 0.2) is 0 Å². The maximum atomic E-state index is 12.7. The molecule has 2 rings (SSSR count). The summed E-state index contributed by atoms with van der Waals surface area (Å²) >= 11 is 5.47. The molecule has 2 amide bonds. The summed E-state index contributed by atoms with van der Waals surface area (Å²) in [6.45, 7) is 0. The van der Waals surface area contributed by atoms with Crippen molar-refractivity contribution in [2.24, 2.45) is 0 Å². The van der Waals surface area contributed by atoms with Gasteiger partial charge in [-0.2, -0.15) is 13.2 Å². The maximum absolute atomic E-state index is 12.7. The first kappa shape index (κ1) is 16.8. The molecule has 5 nitrogen and oxygen atoms in total. The van der Waals surface area contributed by atoms with E-state index < -0.39 is 28.6 Å². The quantitative estimate of drug-likeness (QED) is 0.822. The highest BCUT2D eigenvalue weighted by Crippen LogP contribution is 2.36. The van der Waals surface area contributed by atoms with E-state index in [1.54, 1.807) is 12.1 Å². The first-order valence-corrected chi connectivity index (χ1v) is 6.55. The van der Waals surface area contributed by atoms with E-state index in [0.717, 1.165) is 12.1 Å².